The molecule has 0 aliphatic heterocycles. The minimum absolute atomic E-state index is 0.127. The molecule has 0 saturated carbocycles. The fourth-order valence-electron chi connectivity index (χ4n) is 0.103. The second-order valence-electron chi connectivity index (χ2n) is 1.25. The summed E-state index contributed by atoms with van der Waals surface area (Å²) >= 11 is 3.03. The van der Waals surface area contributed by atoms with E-state index in [1.165, 1.54) is 0 Å². The van der Waals surface area contributed by atoms with Crippen molar-refractivity contribution in [2.45, 2.75) is 17.9 Å². The van der Waals surface area contributed by atoms with Gasteiger partial charge in [0.15, 0.2) is 6.10 Å². The monoisotopic (exact) mass is 163 g/mol. The number of hydrogen-bond donors (Lipinski definition) is 1. The van der Waals surface area contributed by atoms with Crippen LogP contribution in [0.15, 0.2) is 0 Å². The maximum Gasteiger partial charge on any atom is 0.152 e. The van der Waals surface area contributed by atoms with E-state index >= 15 is 0 Å². The van der Waals surface area contributed by atoms with Crippen molar-refractivity contribution in [2.24, 2.45) is 0 Å². The van der Waals surface area contributed by atoms with E-state index in [4.69, 9.17) is 10.4 Å². The van der Waals surface area contributed by atoms with Crippen LogP contribution >= 0.6 is 15.9 Å². The Morgan fingerprint density at radius 2 is 2.29 bits per heavy atom. The third-order valence-electron chi connectivity index (χ3n) is 0.567. The lowest BCUT2D eigenvalue weighted by molar-refractivity contribution is 0.233. The maximum atomic E-state index is 8.53. The van der Waals surface area contributed by atoms with Gasteiger partial charge in [-0.2, -0.15) is 5.26 Å². The molecule has 0 aromatic heterocycles. The molecule has 0 unspecified atom stereocenters. The summed E-state index contributed by atoms with van der Waals surface area (Å²) in [6, 6.07) is 1.67. The van der Waals surface area contributed by atoms with Crippen molar-refractivity contribution in [2.75, 3.05) is 0 Å². The Labute approximate surface area is 50.9 Å². The van der Waals surface area contributed by atoms with Gasteiger partial charge in [-0.3, -0.25) is 0 Å². The molecule has 0 amide bonds. The summed E-state index contributed by atoms with van der Waals surface area (Å²) in [5.41, 5.74) is 0. The van der Waals surface area contributed by atoms with Gasteiger partial charge in [-0.05, 0) is 6.92 Å². The Hall–Kier alpha value is -0.0700. The Morgan fingerprint density at radius 1 is 1.86 bits per heavy atom. The highest BCUT2D eigenvalue weighted by molar-refractivity contribution is 9.09. The number of aliphatic hydroxyl groups excluding tert-OH is 1. The Morgan fingerprint density at radius 3 is 2.29 bits per heavy atom. The van der Waals surface area contributed by atoms with Crippen LogP contribution in [0.5, 0.6) is 0 Å². The molecule has 0 aromatic rings. The number of halogens is 1. The molecule has 1 N–H and O–H groups in total. The summed E-state index contributed by atoms with van der Waals surface area (Å²) in [5.74, 6) is 0. The molecular formula is C4H6BrNO. The molecule has 7 heavy (non-hydrogen) atoms. The first-order valence-electron chi connectivity index (χ1n) is 1.90. The van der Waals surface area contributed by atoms with Crippen LogP contribution in [0.25, 0.3) is 0 Å². The van der Waals surface area contributed by atoms with Crippen LogP contribution in [0.2, 0.25) is 0 Å². The van der Waals surface area contributed by atoms with Gasteiger partial charge in [-0.15, -0.1) is 0 Å². The lowest BCUT2D eigenvalue weighted by Gasteiger charge is -1.99. The van der Waals surface area contributed by atoms with Gasteiger partial charge in [0, 0.05) is 0 Å². The molecule has 0 spiro atoms. The quantitative estimate of drug-likeness (QED) is 0.456. The summed E-state index contributed by atoms with van der Waals surface area (Å²) < 4.78 is 0. The van der Waals surface area contributed by atoms with Gasteiger partial charge < -0.3 is 5.11 Å². The molecule has 0 aliphatic carbocycles. The van der Waals surface area contributed by atoms with Gasteiger partial charge in [-0.25, -0.2) is 0 Å². The van der Waals surface area contributed by atoms with Crippen LogP contribution in [0.4, 0.5) is 0 Å². The molecule has 0 fully saturated rings. The molecule has 0 bridgehead atoms. The summed E-state index contributed by atoms with van der Waals surface area (Å²) in [6.45, 7) is 1.72. The van der Waals surface area contributed by atoms with Crippen LogP contribution in [0, 0.1) is 11.3 Å². The van der Waals surface area contributed by atoms with Crippen molar-refractivity contribution in [1.82, 2.24) is 0 Å². The molecule has 0 rings (SSSR count). The summed E-state index contributed by atoms with van der Waals surface area (Å²) in [4.78, 5) is -0.127. The molecule has 2 atom stereocenters. The largest absolute Gasteiger partial charge is 0.377 e. The van der Waals surface area contributed by atoms with E-state index < -0.39 is 6.10 Å². The van der Waals surface area contributed by atoms with Crippen molar-refractivity contribution < 1.29 is 5.11 Å². The molecule has 0 heterocycles. The average molecular weight is 164 g/mol. The zero-order chi connectivity index (χ0) is 5.86. The van der Waals surface area contributed by atoms with E-state index in [1.807, 2.05) is 0 Å². The highest BCUT2D eigenvalue weighted by Crippen LogP contribution is 2.01. The number of rotatable bonds is 1. The second-order valence-corrected chi connectivity index (χ2v) is 2.70. The predicted octanol–water partition coefficient (Wildman–Crippen LogP) is 0.654. The van der Waals surface area contributed by atoms with E-state index in [9.17, 15) is 0 Å². The number of alkyl halides is 1. The van der Waals surface area contributed by atoms with E-state index in [0.29, 0.717) is 0 Å². The van der Waals surface area contributed by atoms with Crippen molar-refractivity contribution >= 4 is 15.9 Å². The number of hydrogen-bond acceptors (Lipinski definition) is 2. The number of aliphatic hydroxyl groups is 1. The van der Waals surface area contributed by atoms with E-state index in [0.717, 1.165) is 0 Å². The summed E-state index contributed by atoms with van der Waals surface area (Å²) in [6.07, 6.45) is -0.875. The van der Waals surface area contributed by atoms with E-state index in [2.05, 4.69) is 15.9 Å². The number of nitriles is 1. The molecule has 3 heteroatoms. The zero-order valence-corrected chi connectivity index (χ0v) is 5.51. The van der Waals surface area contributed by atoms with Crippen LogP contribution < -0.4 is 0 Å². The van der Waals surface area contributed by atoms with Crippen molar-refractivity contribution in [1.29, 1.82) is 5.26 Å². The molecule has 0 radical (unpaired) electrons. The molecule has 40 valence electrons. The van der Waals surface area contributed by atoms with Crippen LogP contribution in [-0.2, 0) is 0 Å². The zero-order valence-electron chi connectivity index (χ0n) is 3.93. The molecule has 0 aliphatic rings. The third-order valence-corrected chi connectivity index (χ3v) is 1.07. The molecule has 2 nitrogen and oxygen atoms in total. The average Bonchev–Trinajstić information content (AvgIpc) is 1.65. The van der Waals surface area contributed by atoms with Gasteiger partial charge >= 0.3 is 0 Å². The maximum absolute atomic E-state index is 8.53. The lowest BCUT2D eigenvalue weighted by atomic mass is 10.3. The Kier molecular flexibility index (Phi) is 2.97. The van der Waals surface area contributed by atoms with E-state index in [1.54, 1.807) is 13.0 Å². The van der Waals surface area contributed by atoms with Crippen LogP contribution in [0.1, 0.15) is 6.92 Å². The highest BCUT2D eigenvalue weighted by atomic mass is 79.9. The SMILES string of the molecule is C[C@@H](Br)[C@H](O)C#N. The summed E-state index contributed by atoms with van der Waals surface area (Å²) in [7, 11) is 0. The Bertz CT molecular complexity index is 86.2. The number of nitrogens with zero attached hydrogens (tertiary/aromatic N) is 1. The summed E-state index contributed by atoms with van der Waals surface area (Å²) in [5, 5.41) is 16.5. The Balaban J connectivity index is 3.40. The predicted molar refractivity (Wildman–Crippen MR) is 30.0 cm³/mol. The smallest absolute Gasteiger partial charge is 0.152 e. The van der Waals surface area contributed by atoms with Gasteiger partial charge in [0.1, 0.15) is 0 Å². The minimum Gasteiger partial charge on any atom is -0.377 e. The molecule has 0 saturated heterocycles. The molecule has 0 aromatic carbocycles. The highest BCUT2D eigenvalue weighted by Gasteiger charge is 2.06. The van der Waals surface area contributed by atoms with Gasteiger partial charge in [0.2, 0.25) is 0 Å². The lowest BCUT2D eigenvalue weighted by Crippen LogP contribution is -2.13. The van der Waals surface area contributed by atoms with Crippen LogP contribution in [-0.4, -0.2) is 16.0 Å². The van der Waals surface area contributed by atoms with Gasteiger partial charge in [-0.1, -0.05) is 15.9 Å². The van der Waals surface area contributed by atoms with Crippen molar-refractivity contribution in [3.63, 3.8) is 0 Å². The molecular weight excluding hydrogens is 158 g/mol. The normalized spacial score (nSPS) is 17.4. The van der Waals surface area contributed by atoms with Gasteiger partial charge in [0.25, 0.3) is 0 Å². The van der Waals surface area contributed by atoms with Crippen molar-refractivity contribution in [3.8, 4) is 6.07 Å². The topological polar surface area (TPSA) is 44.0 Å². The van der Waals surface area contributed by atoms with E-state index in [-0.39, 0.29) is 4.83 Å². The minimum atomic E-state index is -0.875. The van der Waals surface area contributed by atoms with Crippen molar-refractivity contribution in [3.05, 3.63) is 0 Å². The fourth-order valence-corrected chi connectivity index (χ4v) is 0.221. The van der Waals surface area contributed by atoms with Gasteiger partial charge in [0.05, 0.1) is 10.9 Å². The fraction of sp³-hybridized carbons (Fsp3) is 0.750. The first-order valence-corrected chi connectivity index (χ1v) is 2.82. The third kappa shape index (κ3) is 2.60. The van der Waals surface area contributed by atoms with Crippen LogP contribution in [0.3, 0.4) is 0 Å². The first-order chi connectivity index (χ1) is 3.18. The standard InChI is InChI=1S/C4H6BrNO/c1-3(5)4(7)2-6/h3-4,7H,1H3/t3-,4-/m1/s1. The second kappa shape index (κ2) is 3.00. The first kappa shape index (κ1) is 6.93.